The fourth-order valence-electron chi connectivity index (χ4n) is 5.70. The van der Waals surface area contributed by atoms with Crippen LogP contribution in [0.25, 0.3) is 0 Å². The summed E-state index contributed by atoms with van der Waals surface area (Å²) in [4.78, 5) is 48.8. The molecule has 0 aromatic heterocycles. The molecule has 212 valence electrons. The molecule has 0 amide bonds. The van der Waals surface area contributed by atoms with Crippen LogP contribution in [-0.2, 0) is 38.1 Å². The smallest absolute Gasteiger partial charge is 0.311 e. The second kappa shape index (κ2) is 12.9. The van der Waals surface area contributed by atoms with Gasteiger partial charge < -0.3 is 18.9 Å². The molecule has 0 saturated carbocycles. The molecule has 3 aliphatic rings. The molecule has 8 nitrogen and oxygen atoms in total. The summed E-state index contributed by atoms with van der Waals surface area (Å²) >= 11 is 0. The SMILES string of the molecule is CCC(C)(C)C(=O)O[C@H]1C[C@@H](C)C=C2C=C[C@H](C)C(CCC3CC(OC(=O)CCC(=O)OC)CC(=O)O3)[C@H]21. The summed E-state index contributed by atoms with van der Waals surface area (Å²) in [6.45, 7) is 10.2. The monoisotopic (exact) mass is 532 g/mol. The zero-order chi connectivity index (χ0) is 28.0. The highest BCUT2D eigenvalue weighted by Crippen LogP contribution is 2.45. The van der Waals surface area contributed by atoms with Gasteiger partial charge in [-0.15, -0.1) is 0 Å². The molecule has 38 heavy (non-hydrogen) atoms. The normalized spacial score (nSPS) is 30.9. The number of carbonyl (C=O) groups is 4. The Labute approximate surface area is 226 Å². The lowest BCUT2D eigenvalue weighted by atomic mass is 9.65. The molecule has 1 aliphatic heterocycles. The van der Waals surface area contributed by atoms with Gasteiger partial charge in [-0.3, -0.25) is 19.2 Å². The molecule has 1 heterocycles. The van der Waals surface area contributed by atoms with Crippen LogP contribution in [-0.4, -0.2) is 49.3 Å². The number of methoxy groups -OCH3 is 1. The number of fused-ring (bicyclic) bond motifs is 1. The highest BCUT2D eigenvalue weighted by molar-refractivity contribution is 5.78. The fraction of sp³-hybridized carbons (Fsp3) is 0.733. The van der Waals surface area contributed by atoms with Crippen LogP contribution in [0.3, 0.4) is 0 Å². The number of allylic oxidation sites excluding steroid dienone is 3. The third-order valence-electron chi connectivity index (χ3n) is 8.39. The zero-order valence-corrected chi connectivity index (χ0v) is 23.7. The van der Waals surface area contributed by atoms with Gasteiger partial charge in [-0.2, -0.15) is 0 Å². The van der Waals surface area contributed by atoms with Crippen molar-refractivity contribution in [1.29, 1.82) is 0 Å². The van der Waals surface area contributed by atoms with Gasteiger partial charge in [0.2, 0.25) is 0 Å². The quantitative estimate of drug-likeness (QED) is 0.283. The topological polar surface area (TPSA) is 105 Å². The minimum absolute atomic E-state index is 0.0155. The third-order valence-corrected chi connectivity index (χ3v) is 8.39. The summed E-state index contributed by atoms with van der Waals surface area (Å²) in [6, 6.07) is 0. The van der Waals surface area contributed by atoms with Gasteiger partial charge in [0, 0.05) is 12.3 Å². The van der Waals surface area contributed by atoms with E-state index in [0.29, 0.717) is 25.2 Å². The van der Waals surface area contributed by atoms with Crippen molar-refractivity contribution in [2.24, 2.45) is 29.1 Å². The third kappa shape index (κ3) is 7.70. The summed E-state index contributed by atoms with van der Waals surface area (Å²) in [7, 11) is 1.27. The summed E-state index contributed by atoms with van der Waals surface area (Å²) in [5.74, 6) is -0.635. The van der Waals surface area contributed by atoms with Crippen LogP contribution in [0.1, 0.15) is 86.0 Å². The van der Waals surface area contributed by atoms with Gasteiger partial charge in [0.05, 0.1) is 31.8 Å². The van der Waals surface area contributed by atoms with Crippen LogP contribution in [0.5, 0.6) is 0 Å². The first kappa shape index (κ1) is 29.9. The van der Waals surface area contributed by atoms with Gasteiger partial charge in [-0.05, 0) is 62.9 Å². The molecular weight excluding hydrogens is 488 g/mol. The Kier molecular flexibility index (Phi) is 10.2. The van der Waals surface area contributed by atoms with Crippen molar-refractivity contribution in [3.05, 3.63) is 23.8 Å². The molecule has 0 bridgehead atoms. The molecule has 1 fully saturated rings. The minimum Gasteiger partial charge on any atom is -0.469 e. The first-order chi connectivity index (χ1) is 17.9. The predicted octanol–water partition coefficient (Wildman–Crippen LogP) is 5.09. The van der Waals surface area contributed by atoms with Gasteiger partial charge in [0.25, 0.3) is 0 Å². The number of rotatable bonds is 10. The van der Waals surface area contributed by atoms with Gasteiger partial charge in [-0.25, -0.2) is 0 Å². The molecule has 0 aromatic rings. The van der Waals surface area contributed by atoms with E-state index in [2.05, 4.69) is 36.8 Å². The Balaban J connectivity index is 1.66. The van der Waals surface area contributed by atoms with Crippen LogP contribution in [0.4, 0.5) is 0 Å². The predicted molar refractivity (Wildman–Crippen MR) is 141 cm³/mol. The Morgan fingerprint density at radius 3 is 2.45 bits per heavy atom. The van der Waals surface area contributed by atoms with Gasteiger partial charge >= 0.3 is 23.9 Å². The van der Waals surface area contributed by atoms with E-state index in [1.807, 2.05) is 20.8 Å². The van der Waals surface area contributed by atoms with Gasteiger partial charge in [-0.1, -0.05) is 39.0 Å². The molecule has 0 N–H and O–H groups in total. The second-order valence-electron chi connectivity index (χ2n) is 11.8. The van der Waals surface area contributed by atoms with E-state index in [1.54, 1.807) is 0 Å². The zero-order valence-electron chi connectivity index (χ0n) is 23.7. The lowest BCUT2D eigenvalue weighted by molar-refractivity contribution is -0.171. The molecule has 0 spiro atoms. The van der Waals surface area contributed by atoms with Crippen LogP contribution in [0, 0.1) is 29.1 Å². The first-order valence-corrected chi connectivity index (χ1v) is 14.0. The van der Waals surface area contributed by atoms with E-state index < -0.39 is 23.5 Å². The van der Waals surface area contributed by atoms with Crippen LogP contribution in [0.15, 0.2) is 23.8 Å². The van der Waals surface area contributed by atoms with Crippen molar-refractivity contribution in [3.63, 3.8) is 0 Å². The maximum absolute atomic E-state index is 13.0. The van der Waals surface area contributed by atoms with E-state index in [1.165, 1.54) is 12.7 Å². The van der Waals surface area contributed by atoms with Crippen molar-refractivity contribution in [2.45, 2.75) is 104 Å². The van der Waals surface area contributed by atoms with E-state index in [4.69, 9.17) is 14.2 Å². The molecule has 0 radical (unpaired) electrons. The van der Waals surface area contributed by atoms with Crippen LogP contribution in [0.2, 0.25) is 0 Å². The maximum atomic E-state index is 13.0. The number of ether oxygens (including phenoxy) is 4. The van der Waals surface area contributed by atoms with Gasteiger partial charge in [0.15, 0.2) is 0 Å². The summed E-state index contributed by atoms with van der Waals surface area (Å²) in [5, 5.41) is 0. The second-order valence-corrected chi connectivity index (χ2v) is 11.8. The first-order valence-electron chi connectivity index (χ1n) is 14.0. The highest BCUT2D eigenvalue weighted by atomic mass is 16.6. The number of cyclic esters (lactones) is 1. The minimum atomic E-state index is -0.564. The molecule has 7 atom stereocenters. The Bertz CT molecular complexity index is 948. The maximum Gasteiger partial charge on any atom is 0.311 e. The van der Waals surface area contributed by atoms with E-state index in [0.717, 1.165) is 12.8 Å². The molecule has 2 aliphatic carbocycles. The molecule has 3 rings (SSSR count). The summed E-state index contributed by atoms with van der Waals surface area (Å²) < 4.78 is 21.9. The van der Waals surface area contributed by atoms with Crippen molar-refractivity contribution < 1.29 is 38.1 Å². The standard InChI is InChI=1S/C30H44O8/c1-7-30(4,5)29(34)38-24-15-18(2)14-20-9-8-19(3)23(28(20)24)11-10-21-16-22(17-27(33)36-21)37-26(32)13-12-25(31)35-6/h8-9,14,18-19,21-24,28H,7,10-13,15-17H2,1-6H3/t18-,19-,21?,22?,23?,24-,28-/m0/s1. The van der Waals surface area contributed by atoms with Crippen LogP contribution < -0.4 is 0 Å². The molecular formula is C30H44O8. The van der Waals surface area contributed by atoms with Crippen molar-refractivity contribution in [2.75, 3.05) is 7.11 Å². The summed E-state index contributed by atoms with van der Waals surface area (Å²) in [6.07, 6.45) is 8.80. The highest BCUT2D eigenvalue weighted by Gasteiger charge is 2.43. The van der Waals surface area contributed by atoms with Crippen molar-refractivity contribution in [1.82, 2.24) is 0 Å². The molecule has 0 aromatic carbocycles. The number of esters is 4. The van der Waals surface area contributed by atoms with E-state index >= 15 is 0 Å². The summed E-state index contributed by atoms with van der Waals surface area (Å²) in [5.41, 5.74) is 0.687. The van der Waals surface area contributed by atoms with Crippen LogP contribution >= 0.6 is 0 Å². The molecule has 8 heteroatoms. The average Bonchev–Trinajstić information content (AvgIpc) is 2.86. The molecule has 1 saturated heterocycles. The number of hydrogen-bond acceptors (Lipinski definition) is 8. The Morgan fingerprint density at radius 1 is 1.05 bits per heavy atom. The lowest BCUT2D eigenvalue weighted by Gasteiger charge is -2.44. The largest absolute Gasteiger partial charge is 0.469 e. The molecule has 3 unspecified atom stereocenters. The van der Waals surface area contributed by atoms with Gasteiger partial charge in [0.1, 0.15) is 18.3 Å². The Hall–Kier alpha value is -2.64. The van der Waals surface area contributed by atoms with Crippen molar-refractivity contribution in [3.8, 4) is 0 Å². The van der Waals surface area contributed by atoms with E-state index in [9.17, 15) is 19.2 Å². The number of hydrogen-bond donors (Lipinski definition) is 0. The van der Waals surface area contributed by atoms with E-state index in [-0.39, 0.29) is 61.2 Å². The Morgan fingerprint density at radius 2 is 1.76 bits per heavy atom. The number of carbonyl (C=O) groups excluding carboxylic acids is 4. The average molecular weight is 533 g/mol. The lowest BCUT2D eigenvalue weighted by Crippen LogP contribution is -2.43. The fourth-order valence-corrected chi connectivity index (χ4v) is 5.70. The van der Waals surface area contributed by atoms with Crippen molar-refractivity contribution >= 4 is 23.9 Å².